The molecule has 1 aliphatic rings. The van der Waals surface area contributed by atoms with Crippen molar-refractivity contribution in [3.63, 3.8) is 0 Å². The molecule has 2 rings (SSSR count). The van der Waals surface area contributed by atoms with E-state index >= 15 is 0 Å². The summed E-state index contributed by atoms with van der Waals surface area (Å²) in [7, 11) is 4.32. The van der Waals surface area contributed by atoms with Crippen LogP contribution >= 0.6 is 11.8 Å². The number of hydrogen-bond acceptors (Lipinski definition) is 4. The average Bonchev–Trinajstić information content (AvgIpc) is 3.27. The van der Waals surface area contributed by atoms with Crippen molar-refractivity contribution in [3.8, 4) is 0 Å². The Morgan fingerprint density at radius 1 is 1.38 bits per heavy atom. The number of amides is 1. The summed E-state index contributed by atoms with van der Waals surface area (Å²) in [6.07, 6.45) is 5.48. The van der Waals surface area contributed by atoms with Crippen molar-refractivity contribution in [1.29, 1.82) is 0 Å². The summed E-state index contributed by atoms with van der Waals surface area (Å²) in [6, 6.07) is 0.732. The number of unbranched alkanes of at least 4 members (excludes halogenated alkanes) is 1. The number of quaternary nitrogens is 1. The van der Waals surface area contributed by atoms with Gasteiger partial charge >= 0.3 is 0 Å². The molecule has 1 aromatic rings. The van der Waals surface area contributed by atoms with Crippen molar-refractivity contribution in [2.45, 2.75) is 81.9 Å². The molecule has 0 saturated heterocycles. The maximum atomic E-state index is 12.2. The van der Waals surface area contributed by atoms with E-state index in [2.05, 4.69) is 48.0 Å². The number of thioether (sulfide) groups is 1. The first-order valence-corrected chi connectivity index (χ1v) is 10.1. The average molecular weight is 355 g/mol. The first-order valence-electron chi connectivity index (χ1n) is 9.18. The first-order chi connectivity index (χ1) is 11.5. The number of nitrogens with one attached hydrogen (secondary N) is 2. The lowest BCUT2D eigenvalue weighted by Crippen LogP contribution is -3.06. The molecule has 0 bridgehead atoms. The molecule has 1 fully saturated rings. The summed E-state index contributed by atoms with van der Waals surface area (Å²) in [4.78, 5) is 13.6. The number of nitrogens with zero attached hydrogens (tertiary/aromatic N) is 3. The van der Waals surface area contributed by atoms with Crippen molar-refractivity contribution in [2.24, 2.45) is 0 Å². The Kier molecular flexibility index (Phi) is 7.10. The van der Waals surface area contributed by atoms with Gasteiger partial charge in [0.2, 0.25) is 5.91 Å². The highest BCUT2D eigenvalue weighted by atomic mass is 32.2. The highest BCUT2D eigenvalue weighted by Crippen LogP contribution is 2.26. The molecule has 0 aliphatic heterocycles. The van der Waals surface area contributed by atoms with Crippen molar-refractivity contribution in [1.82, 2.24) is 20.1 Å². The Labute approximate surface area is 149 Å². The van der Waals surface area contributed by atoms with Crippen molar-refractivity contribution in [2.75, 3.05) is 14.1 Å². The highest BCUT2D eigenvalue weighted by Gasteiger charge is 2.29. The molecule has 7 heteroatoms. The zero-order valence-corrected chi connectivity index (χ0v) is 16.4. The monoisotopic (exact) mass is 354 g/mol. The van der Waals surface area contributed by atoms with Crippen molar-refractivity contribution >= 4 is 17.7 Å². The van der Waals surface area contributed by atoms with Gasteiger partial charge in [0.25, 0.3) is 0 Å². The van der Waals surface area contributed by atoms with Crippen LogP contribution in [-0.4, -0.2) is 46.1 Å². The number of carbonyl (C=O) groups excluding carboxylic acids is 1. The molecule has 2 N–H and O–H groups in total. The summed E-state index contributed by atoms with van der Waals surface area (Å²) in [5.74, 6) is 1.16. The standard InChI is InChI=1S/C17H31N5OS/c1-6-8-11-22-15(14(7-2)21(4)5)19-20-17(22)24-12(3)16(23)18-13-9-10-13/h12-14H,6-11H2,1-5H3,(H,18,23)/p+1/t12-,14-/m1/s1. The van der Waals surface area contributed by atoms with Gasteiger partial charge in [0.15, 0.2) is 11.0 Å². The molecule has 24 heavy (non-hydrogen) atoms. The van der Waals surface area contributed by atoms with Crippen LogP contribution in [0.15, 0.2) is 5.16 Å². The molecule has 1 aliphatic carbocycles. The van der Waals surface area contributed by atoms with E-state index in [1.165, 1.54) is 16.7 Å². The van der Waals surface area contributed by atoms with Gasteiger partial charge in [0.05, 0.1) is 19.3 Å². The Hall–Kier alpha value is -1.08. The molecular formula is C17H32N5OS+. The minimum absolute atomic E-state index is 0.111. The summed E-state index contributed by atoms with van der Waals surface area (Å²) < 4.78 is 2.23. The third kappa shape index (κ3) is 4.96. The van der Waals surface area contributed by atoms with E-state index in [-0.39, 0.29) is 11.2 Å². The molecule has 1 saturated carbocycles. The van der Waals surface area contributed by atoms with E-state index in [4.69, 9.17) is 0 Å². The van der Waals surface area contributed by atoms with Crippen LogP contribution in [0, 0.1) is 0 Å². The second-order valence-corrected chi connectivity index (χ2v) is 8.24. The van der Waals surface area contributed by atoms with Gasteiger partial charge in [0, 0.05) is 19.0 Å². The SMILES string of the molecule is CCCCn1c(S[C@H](C)C(=O)NC2CC2)nnc1[C@@H](CC)[NH+](C)C. The van der Waals surface area contributed by atoms with Crippen LogP contribution in [0.2, 0.25) is 0 Å². The van der Waals surface area contributed by atoms with Crippen molar-refractivity contribution in [3.05, 3.63) is 5.82 Å². The number of aromatic nitrogens is 3. The van der Waals surface area contributed by atoms with Crippen LogP contribution in [0.1, 0.15) is 64.7 Å². The second-order valence-electron chi connectivity index (χ2n) is 6.93. The highest BCUT2D eigenvalue weighted by molar-refractivity contribution is 8.00. The largest absolute Gasteiger partial charge is 0.352 e. The topological polar surface area (TPSA) is 64.2 Å². The van der Waals surface area contributed by atoms with E-state index in [0.29, 0.717) is 12.1 Å². The van der Waals surface area contributed by atoms with Gasteiger partial charge in [-0.25, -0.2) is 0 Å². The Morgan fingerprint density at radius 3 is 2.62 bits per heavy atom. The van der Waals surface area contributed by atoms with Crippen LogP contribution in [0.4, 0.5) is 0 Å². The second kappa shape index (κ2) is 8.85. The minimum Gasteiger partial charge on any atom is -0.352 e. The molecule has 0 aromatic carbocycles. The maximum absolute atomic E-state index is 12.2. The van der Waals surface area contributed by atoms with E-state index in [9.17, 15) is 4.79 Å². The fourth-order valence-electron chi connectivity index (χ4n) is 2.78. The van der Waals surface area contributed by atoms with Gasteiger partial charge in [0.1, 0.15) is 6.04 Å². The molecular weight excluding hydrogens is 322 g/mol. The molecule has 0 unspecified atom stereocenters. The Bertz CT molecular complexity index is 541. The number of hydrogen-bond donors (Lipinski definition) is 2. The molecule has 2 atom stereocenters. The van der Waals surface area contributed by atoms with Gasteiger partial charge < -0.3 is 14.8 Å². The number of rotatable bonds is 10. The van der Waals surface area contributed by atoms with E-state index < -0.39 is 0 Å². The molecule has 0 spiro atoms. The fraction of sp³-hybridized carbons (Fsp3) is 0.824. The summed E-state index contributed by atoms with van der Waals surface area (Å²) in [5.41, 5.74) is 0. The van der Waals surface area contributed by atoms with E-state index in [1.54, 1.807) is 0 Å². The summed E-state index contributed by atoms with van der Waals surface area (Å²) in [6.45, 7) is 7.25. The summed E-state index contributed by atoms with van der Waals surface area (Å²) >= 11 is 1.53. The lowest BCUT2D eigenvalue weighted by Gasteiger charge is -2.20. The smallest absolute Gasteiger partial charge is 0.233 e. The van der Waals surface area contributed by atoms with Crippen LogP contribution in [0.3, 0.4) is 0 Å². The molecule has 1 aromatic heterocycles. The first kappa shape index (κ1) is 19.2. The van der Waals surface area contributed by atoms with Gasteiger partial charge in [-0.05, 0) is 26.2 Å². The fourth-order valence-corrected chi connectivity index (χ4v) is 3.67. The lowest BCUT2D eigenvalue weighted by molar-refractivity contribution is -0.893. The van der Waals surface area contributed by atoms with Crippen LogP contribution in [0.25, 0.3) is 0 Å². The Balaban J connectivity index is 2.14. The van der Waals surface area contributed by atoms with Gasteiger partial charge in [-0.3, -0.25) is 4.79 Å². The predicted molar refractivity (Wildman–Crippen MR) is 97.3 cm³/mol. The maximum Gasteiger partial charge on any atom is 0.233 e. The zero-order chi connectivity index (χ0) is 17.7. The minimum atomic E-state index is -0.144. The van der Waals surface area contributed by atoms with Crippen LogP contribution in [-0.2, 0) is 11.3 Å². The van der Waals surface area contributed by atoms with Crippen molar-refractivity contribution < 1.29 is 9.69 Å². The van der Waals surface area contributed by atoms with Gasteiger partial charge in [-0.2, -0.15) is 0 Å². The third-order valence-corrected chi connectivity index (χ3v) is 5.55. The third-order valence-electron chi connectivity index (χ3n) is 4.47. The predicted octanol–water partition coefficient (Wildman–Crippen LogP) is 1.43. The molecule has 6 nitrogen and oxygen atoms in total. The molecule has 136 valence electrons. The number of carbonyl (C=O) groups is 1. The van der Waals surface area contributed by atoms with Crippen LogP contribution < -0.4 is 10.2 Å². The van der Waals surface area contributed by atoms with Gasteiger partial charge in [-0.1, -0.05) is 32.0 Å². The molecule has 1 heterocycles. The zero-order valence-electron chi connectivity index (χ0n) is 15.6. The molecule has 0 radical (unpaired) electrons. The van der Waals surface area contributed by atoms with Gasteiger partial charge in [-0.15, -0.1) is 10.2 Å². The Morgan fingerprint density at radius 2 is 2.08 bits per heavy atom. The summed E-state index contributed by atoms with van der Waals surface area (Å²) in [5, 5.41) is 12.7. The van der Waals surface area contributed by atoms with E-state index in [1.807, 2.05) is 6.92 Å². The van der Waals surface area contributed by atoms with E-state index in [0.717, 1.165) is 49.6 Å². The normalized spacial score (nSPS) is 17.1. The van der Waals surface area contributed by atoms with Crippen LogP contribution in [0.5, 0.6) is 0 Å². The quantitative estimate of drug-likeness (QED) is 0.624. The lowest BCUT2D eigenvalue weighted by atomic mass is 10.2. The molecule has 1 amide bonds.